The lowest BCUT2D eigenvalue weighted by atomic mass is 9.93. The summed E-state index contributed by atoms with van der Waals surface area (Å²) < 4.78 is 21.5. The van der Waals surface area contributed by atoms with Gasteiger partial charge in [-0.1, -0.05) is 36.4 Å². The standard InChI is InChI=1S/C22H22FN3O2/c1-24-20-18(13-25-26(20)2)17-9-6-15(12-19(17)23)14-4-7-16(8-5-14)22(10-11-22)21(27)28-3/h4-9,12-13,24H,10-11H2,1-3H3. The van der Waals surface area contributed by atoms with Crippen LogP contribution in [0.4, 0.5) is 10.2 Å². The Kier molecular flexibility index (Phi) is 4.41. The molecule has 1 aromatic heterocycles. The minimum Gasteiger partial charge on any atom is -0.468 e. The molecule has 6 heteroatoms. The minimum atomic E-state index is -0.494. The third-order valence-electron chi connectivity index (χ3n) is 5.53. The zero-order chi connectivity index (χ0) is 19.9. The number of aryl methyl sites for hydroxylation is 1. The van der Waals surface area contributed by atoms with Crippen molar-refractivity contribution >= 4 is 11.8 Å². The number of methoxy groups -OCH3 is 1. The number of hydrogen-bond donors (Lipinski definition) is 1. The van der Waals surface area contributed by atoms with Crippen molar-refractivity contribution in [1.29, 1.82) is 0 Å². The molecule has 1 aliphatic rings. The third-order valence-corrected chi connectivity index (χ3v) is 5.53. The SMILES string of the molecule is CNc1c(-c2ccc(-c3ccc(C4(C(=O)OC)CC4)cc3)cc2F)cnn1C. The summed E-state index contributed by atoms with van der Waals surface area (Å²) in [7, 11) is 5.02. The molecule has 1 aliphatic carbocycles. The van der Waals surface area contributed by atoms with Gasteiger partial charge in [-0.15, -0.1) is 0 Å². The molecule has 1 heterocycles. The lowest BCUT2D eigenvalue weighted by molar-refractivity contribution is -0.143. The quantitative estimate of drug-likeness (QED) is 0.677. The number of benzene rings is 2. The van der Waals surface area contributed by atoms with Gasteiger partial charge < -0.3 is 10.1 Å². The average Bonchev–Trinajstić information content (AvgIpc) is 3.45. The number of aromatic nitrogens is 2. The molecule has 5 nitrogen and oxygen atoms in total. The van der Waals surface area contributed by atoms with Gasteiger partial charge in [-0.2, -0.15) is 5.10 Å². The number of hydrogen-bond acceptors (Lipinski definition) is 4. The van der Waals surface area contributed by atoms with Crippen LogP contribution >= 0.6 is 0 Å². The van der Waals surface area contributed by atoms with Crippen LogP contribution in [-0.2, 0) is 22.0 Å². The second kappa shape index (κ2) is 6.78. The number of carbonyl (C=O) groups excluding carboxylic acids is 1. The topological polar surface area (TPSA) is 56.1 Å². The molecular formula is C22H22FN3O2. The van der Waals surface area contributed by atoms with Crippen molar-refractivity contribution < 1.29 is 13.9 Å². The molecule has 1 saturated carbocycles. The molecule has 1 N–H and O–H groups in total. The fourth-order valence-electron chi connectivity index (χ4n) is 3.76. The summed E-state index contributed by atoms with van der Waals surface area (Å²) in [5.74, 6) is 0.264. The Balaban J connectivity index is 1.64. The van der Waals surface area contributed by atoms with Gasteiger partial charge in [-0.25, -0.2) is 4.39 Å². The number of anilines is 1. The Bertz CT molecular complexity index is 1040. The number of esters is 1. The van der Waals surface area contributed by atoms with Crippen LogP contribution in [0.15, 0.2) is 48.7 Å². The van der Waals surface area contributed by atoms with Gasteiger partial charge in [0.1, 0.15) is 11.6 Å². The predicted octanol–water partition coefficient (Wildman–Crippen LogP) is 4.14. The number of halogens is 1. The molecule has 0 bridgehead atoms. The lowest BCUT2D eigenvalue weighted by Crippen LogP contribution is -2.21. The second-order valence-electron chi connectivity index (χ2n) is 7.13. The molecule has 28 heavy (non-hydrogen) atoms. The molecule has 0 spiro atoms. The summed E-state index contributed by atoms with van der Waals surface area (Å²) in [4.78, 5) is 12.0. The van der Waals surface area contributed by atoms with E-state index in [2.05, 4.69) is 10.4 Å². The van der Waals surface area contributed by atoms with Gasteiger partial charge in [-0.3, -0.25) is 9.48 Å². The van der Waals surface area contributed by atoms with Crippen molar-refractivity contribution in [1.82, 2.24) is 9.78 Å². The normalized spacial score (nSPS) is 14.6. The van der Waals surface area contributed by atoms with E-state index in [4.69, 9.17) is 4.74 Å². The Hall–Kier alpha value is -3.15. The van der Waals surface area contributed by atoms with Crippen molar-refractivity contribution in [3.05, 3.63) is 60.0 Å². The van der Waals surface area contributed by atoms with E-state index in [-0.39, 0.29) is 11.8 Å². The highest BCUT2D eigenvalue weighted by Crippen LogP contribution is 2.49. The van der Waals surface area contributed by atoms with Crippen LogP contribution in [0.25, 0.3) is 22.3 Å². The van der Waals surface area contributed by atoms with Crippen LogP contribution in [0.3, 0.4) is 0 Å². The Morgan fingerprint density at radius 3 is 2.39 bits per heavy atom. The van der Waals surface area contributed by atoms with Crippen LogP contribution in [-0.4, -0.2) is 29.9 Å². The van der Waals surface area contributed by atoms with Crippen LogP contribution in [0.2, 0.25) is 0 Å². The number of nitrogens with zero attached hydrogens (tertiary/aromatic N) is 2. The maximum absolute atomic E-state index is 14.9. The first-order valence-corrected chi connectivity index (χ1v) is 9.19. The molecule has 2 aromatic carbocycles. The predicted molar refractivity (Wildman–Crippen MR) is 107 cm³/mol. The highest BCUT2D eigenvalue weighted by Gasteiger charge is 2.52. The molecule has 4 rings (SSSR count). The Labute approximate surface area is 163 Å². The molecule has 0 saturated heterocycles. The fraction of sp³-hybridized carbons (Fsp3) is 0.273. The molecular weight excluding hydrogens is 357 g/mol. The number of carbonyl (C=O) groups is 1. The molecule has 0 amide bonds. The van der Waals surface area contributed by atoms with Crippen LogP contribution in [0, 0.1) is 5.82 Å². The summed E-state index contributed by atoms with van der Waals surface area (Å²) in [5, 5.41) is 7.25. The van der Waals surface area contributed by atoms with E-state index in [9.17, 15) is 9.18 Å². The largest absolute Gasteiger partial charge is 0.468 e. The number of nitrogens with one attached hydrogen (secondary N) is 1. The minimum absolute atomic E-state index is 0.188. The van der Waals surface area contributed by atoms with Crippen molar-refractivity contribution in [2.75, 3.05) is 19.5 Å². The van der Waals surface area contributed by atoms with E-state index in [0.717, 1.165) is 40.9 Å². The van der Waals surface area contributed by atoms with Gasteiger partial charge in [0.2, 0.25) is 0 Å². The first-order valence-electron chi connectivity index (χ1n) is 9.19. The smallest absolute Gasteiger partial charge is 0.316 e. The summed E-state index contributed by atoms with van der Waals surface area (Å²) in [6.45, 7) is 0. The summed E-state index contributed by atoms with van der Waals surface area (Å²) in [6, 6.07) is 12.9. The van der Waals surface area contributed by atoms with E-state index in [1.165, 1.54) is 13.2 Å². The van der Waals surface area contributed by atoms with E-state index in [0.29, 0.717) is 5.56 Å². The summed E-state index contributed by atoms with van der Waals surface area (Å²) in [6.07, 6.45) is 3.27. The van der Waals surface area contributed by atoms with Crippen LogP contribution in [0.5, 0.6) is 0 Å². The second-order valence-corrected chi connectivity index (χ2v) is 7.13. The molecule has 0 aliphatic heterocycles. The van der Waals surface area contributed by atoms with Crippen molar-refractivity contribution in [3.8, 4) is 22.3 Å². The zero-order valence-corrected chi connectivity index (χ0v) is 16.1. The van der Waals surface area contributed by atoms with Gasteiger partial charge in [-0.05, 0) is 35.6 Å². The van der Waals surface area contributed by atoms with Crippen molar-refractivity contribution in [2.24, 2.45) is 7.05 Å². The van der Waals surface area contributed by atoms with Gasteiger partial charge >= 0.3 is 5.97 Å². The molecule has 3 aromatic rings. The van der Waals surface area contributed by atoms with Crippen LogP contribution in [0.1, 0.15) is 18.4 Å². The van der Waals surface area contributed by atoms with Gasteiger partial charge in [0.25, 0.3) is 0 Å². The van der Waals surface area contributed by atoms with E-state index >= 15 is 0 Å². The molecule has 1 fully saturated rings. The van der Waals surface area contributed by atoms with Gasteiger partial charge in [0, 0.05) is 25.2 Å². The Morgan fingerprint density at radius 1 is 1.14 bits per heavy atom. The maximum atomic E-state index is 14.9. The van der Waals surface area contributed by atoms with Crippen LogP contribution < -0.4 is 5.32 Å². The van der Waals surface area contributed by atoms with Crippen molar-refractivity contribution in [2.45, 2.75) is 18.3 Å². The first kappa shape index (κ1) is 18.2. The van der Waals surface area contributed by atoms with Crippen molar-refractivity contribution in [3.63, 3.8) is 0 Å². The average molecular weight is 379 g/mol. The highest BCUT2D eigenvalue weighted by atomic mass is 19.1. The molecule has 0 radical (unpaired) electrons. The van der Waals surface area contributed by atoms with Gasteiger partial charge in [0.05, 0.1) is 18.7 Å². The van der Waals surface area contributed by atoms with Gasteiger partial charge in [0.15, 0.2) is 0 Å². The lowest BCUT2D eigenvalue weighted by Gasteiger charge is -2.14. The van der Waals surface area contributed by atoms with E-state index in [1.807, 2.05) is 37.4 Å². The Morgan fingerprint density at radius 2 is 1.82 bits per heavy atom. The molecule has 0 atom stereocenters. The number of ether oxygens (including phenoxy) is 1. The summed E-state index contributed by atoms with van der Waals surface area (Å²) in [5.41, 5.74) is 3.36. The maximum Gasteiger partial charge on any atom is 0.316 e. The monoisotopic (exact) mass is 379 g/mol. The van der Waals surface area contributed by atoms with E-state index < -0.39 is 5.41 Å². The molecule has 144 valence electrons. The third kappa shape index (κ3) is 2.85. The van der Waals surface area contributed by atoms with E-state index in [1.54, 1.807) is 24.0 Å². The number of rotatable bonds is 5. The zero-order valence-electron chi connectivity index (χ0n) is 16.1. The highest BCUT2D eigenvalue weighted by molar-refractivity contribution is 5.87. The first-order chi connectivity index (χ1) is 13.5. The molecule has 0 unspecified atom stereocenters. The summed E-state index contributed by atoms with van der Waals surface area (Å²) >= 11 is 0. The fourth-order valence-corrected chi connectivity index (χ4v) is 3.76.